The number of aliphatic hydroxyl groups excluding tert-OH is 11. The fraction of sp³-hybridized carbons (Fsp3) is 0.748. The van der Waals surface area contributed by atoms with E-state index in [4.69, 9.17) is 57.8 Å². The number of carbonyl (C=O) groups is 12. The molecule has 19 N–H and O–H groups in total. The van der Waals surface area contributed by atoms with Crippen molar-refractivity contribution in [3.05, 3.63) is 77.9 Å². The summed E-state index contributed by atoms with van der Waals surface area (Å²) in [6, 6.07) is 6.48. The van der Waals surface area contributed by atoms with Crippen LogP contribution in [0.2, 0.25) is 0 Å². The zero-order valence-corrected chi connectivity index (χ0v) is 90.1. The van der Waals surface area contributed by atoms with Crippen molar-refractivity contribution in [3.63, 3.8) is 0 Å². The number of anilines is 1. The molecule has 1 unspecified atom stereocenters. The SMILES string of the molecule is CCCOCCOCCOCCOCCC(=O)N(CCOCCOCCOCCOCCN(C[C@H](O)[C@@H](O)[C@H](O)[C@H](O)CO)C(=O)C(OC(=O)N(C)[C@H](C(=O)N[C@H](C(=O)N(C)[C@@H]([C@@H](C)CC)[C@@H](CC(=O)N1CCC[C@H]1[C@H](OC)[C@@H](C)C(=O)N[C@H](C)[C@@H](O)c1ccccc1)OC)C(C)C)C(C)C)c1ccc(NC(=O)[C@H](CCCNC(N)=O)NC(=O)[C@@H](NCCCCCCN2C(=O)C=CC2=O)C(C)C)cc1)C[C@H](O)[C@@H](O)[C@H](O)[C@H](O)CO. The van der Waals surface area contributed by atoms with Crippen molar-refractivity contribution in [3.8, 4) is 0 Å². The van der Waals surface area contributed by atoms with Gasteiger partial charge in [0.2, 0.25) is 47.5 Å². The molecule has 0 bridgehead atoms. The maximum Gasteiger partial charge on any atom is 0.411 e. The van der Waals surface area contributed by atoms with E-state index in [0.29, 0.717) is 96.6 Å². The minimum absolute atomic E-state index is 0.0156. The smallest absolute Gasteiger partial charge is 0.411 e. The number of aliphatic hydroxyl groups is 11. The number of ether oxygens (including phenoxy) is 11. The molecular weight excluding hydrogens is 1960 g/mol. The second-order valence-corrected chi connectivity index (χ2v) is 38.8. The summed E-state index contributed by atoms with van der Waals surface area (Å²) in [7, 11) is 5.67. The average molecular weight is 2140 g/mol. The minimum Gasteiger partial charge on any atom is -0.431 e. The Morgan fingerprint density at radius 2 is 1.02 bits per heavy atom. The van der Waals surface area contributed by atoms with Gasteiger partial charge in [0.05, 0.1) is 174 Å². The first kappa shape index (κ1) is 133. The third-order valence-corrected chi connectivity index (χ3v) is 26.3. The van der Waals surface area contributed by atoms with Gasteiger partial charge in [-0.1, -0.05) is 131 Å². The minimum atomic E-state index is -2.25. The Morgan fingerprint density at radius 3 is 1.52 bits per heavy atom. The van der Waals surface area contributed by atoms with Crippen LogP contribution in [0.1, 0.15) is 177 Å². The predicted molar refractivity (Wildman–Crippen MR) is 549 cm³/mol. The van der Waals surface area contributed by atoms with Crippen molar-refractivity contribution in [2.45, 2.75) is 269 Å². The highest BCUT2D eigenvalue weighted by Gasteiger charge is 2.46. The third-order valence-electron chi connectivity index (χ3n) is 26.3. The first-order valence-electron chi connectivity index (χ1n) is 52.2. The van der Waals surface area contributed by atoms with E-state index in [1.807, 2.05) is 40.7 Å². The van der Waals surface area contributed by atoms with E-state index in [2.05, 4.69) is 31.9 Å². The molecule has 150 heavy (non-hydrogen) atoms. The van der Waals surface area contributed by atoms with Crippen LogP contribution in [0.3, 0.4) is 0 Å². The molecule has 47 heteroatoms. The third kappa shape index (κ3) is 46.2. The highest BCUT2D eigenvalue weighted by molar-refractivity contribution is 6.13. The standard InChI is InChI=1S/C103H175N13O34/c1-16-44-142-48-52-146-56-57-147-53-49-143-45-37-81(123)113(61-76(119)90(128)92(130)78(121)63-117)42-46-144-50-54-148-58-59-149-55-51-145-47-43-114(62-77(120)91(129)93(131)79(122)64-118)101(137)95(72-31-33-73(34-32-72)108-97(133)74(29-25-39-106-102(104)138)109-98(134)85(65(3)4)105-38-23-18-19-24-40-116-82(124)35-36-83(116)125)150-103(139)112(13)87(67(7)8)99(135)110-86(66(5)6)100(136)111(12)88(68(9)17-2)80(140-14)60-84(126)115-41-26-30-75(115)94(141-15)69(10)96(132)107-70(11)89(127)71-27-21-20-22-28-71/h20-22,27-28,31-36,65-70,74-80,85-95,105,117-122,127-131H,16-19,23-26,29-30,37-64H2,1-15H3,(H,107,132)(H,108,133)(H,109,134)(H,110,135)(H3,104,106,138)/t68-,69+,70+,74-,75-,76-,77-,78+,79+,80+,85-,86-,87-,88-,89+,90+,91+,92+,93+,94+,95?/m0/s1. The Bertz CT molecular complexity index is 4260. The molecule has 2 aliphatic rings. The molecule has 2 aromatic rings. The molecule has 13 amide bonds. The Labute approximate surface area is 881 Å². The first-order valence-corrected chi connectivity index (χ1v) is 52.2. The molecule has 21 atom stereocenters. The van der Waals surface area contributed by atoms with Gasteiger partial charge < -0.3 is 166 Å². The molecule has 0 saturated carbocycles. The van der Waals surface area contributed by atoms with Gasteiger partial charge in [-0.3, -0.25) is 57.7 Å². The van der Waals surface area contributed by atoms with Crippen molar-refractivity contribution in [1.29, 1.82) is 0 Å². The van der Waals surface area contributed by atoms with E-state index < -0.39 is 214 Å². The van der Waals surface area contributed by atoms with E-state index in [-0.39, 0.29) is 165 Å². The second-order valence-electron chi connectivity index (χ2n) is 38.8. The summed E-state index contributed by atoms with van der Waals surface area (Å²) < 4.78 is 63.3. The number of primary amides is 1. The summed E-state index contributed by atoms with van der Waals surface area (Å²) in [6.07, 6.45) is -14.8. The molecule has 2 aliphatic heterocycles. The van der Waals surface area contributed by atoms with Crippen LogP contribution in [0.25, 0.3) is 0 Å². The summed E-state index contributed by atoms with van der Waals surface area (Å²) in [6.45, 7) is 18.5. The van der Waals surface area contributed by atoms with Crippen LogP contribution in [-0.4, -0.2) is 460 Å². The van der Waals surface area contributed by atoms with E-state index >= 15 is 19.2 Å². The van der Waals surface area contributed by atoms with Crippen molar-refractivity contribution in [2.75, 3.05) is 205 Å². The van der Waals surface area contributed by atoms with Crippen molar-refractivity contribution >= 4 is 76.9 Å². The number of imide groups is 1. The molecule has 2 aromatic carbocycles. The largest absolute Gasteiger partial charge is 0.431 e. The Hall–Kier alpha value is -9.26. The Morgan fingerprint density at radius 1 is 0.513 bits per heavy atom. The molecule has 0 aliphatic carbocycles. The zero-order chi connectivity index (χ0) is 112. The number of rotatable bonds is 81. The number of urea groups is 1. The van der Waals surface area contributed by atoms with E-state index in [9.17, 15) is 94.5 Å². The van der Waals surface area contributed by atoms with Gasteiger partial charge in [-0.15, -0.1) is 0 Å². The lowest BCUT2D eigenvalue weighted by Crippen LogP contribution is -2.60. The topological polar surface area (TPSA) is 647 Å². The normalized spacial score (nSPS) is 17.3. The summed E-state index contributed by atoms with van der Waals surface area (Å²) in [5, 5.41) is 133. The highest BCUT2D eigenvalue weighted by atomic mass is 16.6. The van der Waals surface area contributed by atoms with Crippen molar-refractivity contribution < 1.29 is 166 Å². The van der Waals surface area contributed by atoms with Gasteiger partial charge >= 0.3 is 12.1 Å². The zero-order valence-electron chi connectivity index (χ0n) is 90.1. The van der Waals surface area contributed by atoms with Crippen LogP contribution in [0.5, 0.6) is 0 Å². The molecule has 0 radical (unpaired) electrons. The number of likely N-dealkylation sites (tertiary alicyclic amines) is 1. The monoisotopic (exact) mass is 2140 g/mol. The molecule has 1 saturated heterocycles. The average Bonchev–Trinajstić information content (AvgIpc) is 1.59. The predicted octanol–water partition coefficient (Wildman–Crippen LogP) is -0.447. The number of nitrogens with one attached hydrogen (secondary N) is 6. The van der Waals surface area contributed by atoms with Gasteiger partial charge in [0.25, 0.3) is 17.7 Å². The summed E-state index contributed by atoms with van der Waals surface area (Å²) >= 11 is 0. The van der Waals surface area contributed by atoms with Crippen LogP contribution in [0.4, 0.5) is 15.3 Å². The number of unbranched alkanes of at least 4 members (excludes halogenated alkanes) is 3. The molecular formula is C103H175N13O34. The van der Waals surface area contributed by atoms with E-state index in [1.54, 1.807) is 77.8 Å². The molecule has 856 valence electrons. The van der Waals surface area contributed by atoms with Gasteiger partial charge in [0.1, 0.15) is 67.0 Å². The van der Waals surface area contributed by atoms with Gasteiger partial charge in [-0.05, 0) is 99.8 Å². The molecule has 0 aromatic heterocycles. The number of hydrogen-bond acceptors (Lipinski definition) is 35. The number of methoxy groups -OCH3 is 2. The number of nitrogens with zero attached hydrogens (tertiary/aromatic N) is 6. The summed E-state index contributed by atoms with van der Waals surface area (Å²) in [5.74, 6) is -8.62. The van der Waals surface area contributed by atoms with Crippen molar-refractivity contribution in [2.24, 2.45) is 35.3 Å². The number of amides is 13. The van der Waals surface area contributed by atoms with Crippen molar-refractivity contribution in [1.82, 2.24) is 56.0 Å². The van der Waals surface area contributed by atoms with Crippen LogP contribution >= 0.6 is 0 Å². The van der Waals surface area contributed by atoms with E-state index in [1.165, 1.54) is 72.4 Å². The summed E-state index contributed by atoms with van der Waals surface area (Å²) in [4.78, 5) is 176. The van der Waals surface area contributed by atoms with Gasteiger partial charge in [0.15, 0.2) is 0 Å². The fourth-order valence-corrected chi connectivity index (χ4v) is 17.3. The first-order chi connectivity index (χ1) is 71.5. The van der Waals surface area contributed by atoms with Crippen LogP contribution in [-0.2, 0) is 100 Å². The van der Waals surface area contributed by atoms with Crippen LogP contribution in [0.15, 0.2) is 66.7 Å². The molecule has 1 fully saturated rings. The lowest BCUT2D eigenvalue weighted by atomic mass is 9.89. The maximum atomic E-state index is 15.7. The summed E-state index contributed by atoms with van der Waals surface area (Å²) in [5.41, 5.74) is 5.94. The quantitative estimate of drug-likeness (QED) is 0.0295. The fourth-order valence-electron chi connectivity index (χ4n) is 17.3. The van der Waals surface area contributed by atoms with Gasteiger partial charge in [-0.25, -0.2) is 9.59 Å². The number of nitrogens with two attached hydrogens (primary N) is 1. The molecule has 0 spiro atoms. The number of hydrogen-bond donors (Lipinski definition) is 18. The number of likely N-dealkylation sites (N-methyl/N-ethyl adjacent to an activating group) is 2. The van der Waals surface area contributed by atoms with Gasteiger partial charge in [-0.2, -0.15) is 0 Å². The number of carbonyl (C=O) groups excluding carboxylic acids is 12. The second kappa shape index (κ2) is 73.2. The van der Waals surface area contributed by atoms with Gasteiger partial charge in [0, 0.05) is 104 Å². The highest BCUT2D eigenvalue weighted by Crippen LogP contribution is 2.33. The lowest BCUT2D eigenvalue weighted by Gasteiger charge is -2.41. The Kier molecular flexibility index (Phi) is 64.9. The lowest BCUT2D eigenvalue weighted by molar-refractivity contribution is -0.149. The maximum absolute atomic E-state index is 15.7. The van der Waals surface area contributed by atoms with Crippen LogP contribution in [0, 0.1) is 29.6 Å². The van der Waals surface area contributed by atoms with Crippen LogP contribution < -0.4 is 37.6 Å². The number of benzene rings is 2. The van der Waals surface area contributed by atoms with E-state index in [0.717, 1.165) is 16.2 Å². The molecule has 4 rings (SSSR count). The molecule has 2 heterocycles. The Balaban J connectivity index is 1.63. The molecule has 47 nitrogen and oxygen atoms in total.